The lowest BCUT2D eigenvalue weighted by atomic mass is 10.1. The number of carboxylic acid groups (broad SMARTS) is 1. The lowest BCUT2D eigenvalue weighted by molar-refractivity contribution is -0.136. The number of hydrogen-bond donors (Lipinski definition) is 1. The first-order valence-corrected chi connectivity index (χ1v) is 7.41. The van der Waals surface area contributed by atoms with Crippen LogP contribution in [0.4, 0.5) is 0 Å². The summed E-state index contributed by atoms with van der Waals surface area (Å²) in [6.45, 7) is 2.55. The van der Waals surface area contributed by atoms with Crippen LogP contribution in [0.15, 0.2) is 35.7 Å². The molecule has 2 rings (SSSR count). The van der Waals surface area contributed by atoms with Crippen molar-refractivity contribution in [3.8, 4) is 0 Å². The number of aromatic nitrogens is 1. The van der Waals surface area contributed by atoms with Crippen LogP contribution in [-0.2, 0) is 16.0 Å². The van der Waals surface area contributed by atoms with E-state index in [4.69, 9.17) is 9.84 Å². The van der Waals surface area contributed by atoms with Crippen molar-refractivity contribution in [2.75, 3.05) is 6.61 Å². The molecule has 0 aliphatic carbocycles. The Morgan fingerprint density at radius 1 is 1.40 bits per heavy atom. The van der Waals surface area contributed by atoms with Crippen LogP contribution < -0.4 is 0 Å². The average molecular weight is 291 g/mol. The number of thiazole rings is 1. The van der Waals surface area contributed by atoms with Crippen LogP contribution in [0.5, 0.6) is 0 Å². The van der Waals surface area contributed by atoms with Gasteiger partial charge in [0.05, 0.1) is 12.1 Å². The molecule has 1 aromatic carbocycles. The molecule has 1 unspecified atom stereocenters. The van der Waals surface area contributed by atoms with Crippen molar-refractivity contribution in [2.45, 2.75) is 25.9 Å². The fourth-order valence-corrected chi connectivity index (χ4v) is 2.82. The van der Waals surface area contributed by atoms with Crippen LogP contribution in [0.1, 0.15) is 35.7 Å². The second-order valence-electron chi connectivity index (χ2n) is 4.32. The quantitative estimate of drug-likeness (QED) is 0.850. The fourth-order valence-electron chi connectivity index (χ4n) is 1.90. The number of benzene rings is 1. The molecule has 0 amide bonds. The van der Waals surface area contributed by atoms with Gasteiger partial charge in [-0.3, -0.25) is 4.79 Å². The molecule has 1 aromatic heterocycles. The van der Waals surface area contributed by atoms with Crippen molar-refractivity contribution < 1.29 is 14.6 Å². The van der Waals surface area contributed by atoms with E-state index in [1.54, 1.807) is 0 Å². The van der Waals surface area contributed by atoms with E-state index in [0.717, 1.165) is 16.3 Å². The molecule has 106 valence electrons. The molecule has 0 bridgehead atoms. The van der Waals surface area contributed by atoms with Crippen LogP contribution in [-0.4, -0.2) is 22.7 Å². The van der Waals surface area contributed by atoms with Gasteiger partial charge in [0, 0.05) is 18.4 Å². The van der Waals surface area contributed by atoms with Gasteiger partial charge in [-0.25, -0.2) is 4.98 Å². The Hall–Kier alpha value is -1.72. The zero-order chi connectivity index (χ0) is 14.4. The summed E-state index contributed by atoms with van der Waals surface area (Å²) in [6.07, 6.45) is 0.387. The molecule has 1 heterocycles. The first-order valence-electron chi connectivity index (χ1n) is 6.53. The number of carboxylic acids is 1. The third kappa shape index (κ3) is 3.88. The van der Waals surface area contributed by atoms with Crippen molar-refractivity contribution in [1.82, 2.24) is 4.98 Å². The van der Waals surface area contributed by atoms with Crippen molar-refractivity contribution in [3.63, 3.8) is 0 Å². The maximum absolute atomic E-state index is 10.6. The van der Waals surface area contributed by atoms with Crippen LogP contribution in [0.2, 0.25) is 0 Å². The SMILES string of the molecule is CCOC(c1ccccc1)c1nc(CCC(=O)O)cs1. The molecule has 1 atom stereocenters. The Bertz CT molecular complexity index is 553. The Morgan fingerprint density at radius 2 is 2.15 bits per heavy atom. The van der Waals surface area contributed by atoms with Gasteiger partial charge in [-0.2, -0.15) is 0 Å². The topological polar surface area (TPSA) is 59.4 Å². The number of aryl methyl sites for hydroxylation is 1. The normalized spacial score (nSPS) is 12.2. The Kier molecular flexibility index (Phi) is 5.26. The minimum absolute atomic E-state index is 0.105. The van der Waals surface area contributed by atoms with Crippen LogP contribution in [0.3, 0.4) is 0 Å². The molecule has 1 N–H and O–H groups in total. The Morgan fingerprint density at radius 3 is 2.80 bits per heavy atom. The van der Waals surface area contributed by atoms with Gasteiger partial charge in [-0.05, 0) is 12.5 Å². The molecule has 0 saturated heterocycles. The molecule has 0 aliphatic heterocycles. The standard InChI is InChI=1S/C15H17NO3S/c1-2-19-14(11-6-4-3-5-7-11)15-16-12(10-20-15)8-9-13(17)18/h3-7,10,14H,2,8-9H2,1H3,(H,17,18). The summed E-state index contributed by atoms with van der Waals surface area (Å²) in [5.41, 5.74) is 1.88. The van der Waals surface area contributed by atoms with Gasteiger partial charge in [-0.15, -0.1) is 11.3 Å². The molecule has 0 aliphatic rings. The van der Waals surface area contributed by atoms with Crippen LogP contribution >= 0.6 is 11.3 Å². The second-order valence-corrected chi connectivity index (χ2v) is 5.21. The van der Waals surface area contributed by atoms with Gasteiger partial charge in [0.2, 0.25) is 0 Å². The van der Waals surface area contributed by atoms with Gasteiger partial charge in [-0.1, -0.05) is 30.3 Å². The highest BCUT2D eigenvalue weighted by Crippen LogP contribution is 2.28. The molecule has 5 heteroatoms. The summed E-state index contributed by atoms with van der Waals surface area (Å²) in [4.78, 5) is 15.1. The predicted molar refractivity (Wildman–Crippen MR) is 78.0 cm³/mol. The Labute approximate surface area is 122 Å². The highest BCUT2D eigenvalue weighted by atomic mass is 32.1. The predicted octanol–water partition coefficient (Wildman–Crippen LogP) is 3.29. The zero-order valence-corrected chi connectivity index (χ0v) is 12.1. The van der Waals surface area contributed by atoms with Crippen molar-refractivity contribution >= 4 is 17.3 Å². The van der Waals surface area contributed by atoms with Crippen molar-refractivity contribution in [2.24, 2.45) is 0 Å². The largest absolute Gasteiger partial charge is 0.481 e. The van der Waals surface area contributed by atoms with E-state index in [1.807, 2.05) is 42.6 Å². The number of aliphatic carboxylic acids is 1. The molecule has 2 aromatic rings. The Balaban J connectivity index is 2.16. The molecule has 4 nitrogen and oxygen atoms in total. The van der Waals surface area contributed by atoms with Gasteiger partial charge in [0.1, 0.15) is 11.1 Å². The number of hydrogen-bond acceptors (Lipinski definition) is 4. The van der Waals surface area contributed by atoms with Crippen LogP contribution in [0.25, 0.3) is 0 Å². The van der Waals surface area contributed by atoms with Crippen molar-refractivity contribution in [3.05, 3.63) is 52.0 Å². The minimum atomic E-state index is -0.802. The third-order valence-corrected chi connectivity index (χ3v) is 3.76. The van der Waals surface area contributed by atoms with Crippen molar-refractivity contribution in [1.29, 1.82) is 0 Å². The maximum Gasteiger partial charge on any atom is 0.303 e. The summed E-state index contributed by atoms with van der Waals surface area (Å²) in [5, 5.41) is 11.5. The van der Waals surface area contributed by atoms with E-state index < -0.39 is 5.97 Å². The minimum Gasteiger partial charge on any atom is -0.481 e. The number of carbonyl (C=O) groups is 1. The van der Waals surface area contributed by atoms with E-state index >= 15 is 0 Å². The molecular formula is C15H17NO3S. The first-order chi connectivity index (χ1) is 9.70. The molecule has 0 spiro atoms. The maximum atomic E-state index is 10.6. The third-order valence-electron chi connectivity index (χ3n) is 2.82. The first kappa shape index (κ1) is 14.7. The lowest BCUT2D eigenvalue weighted by Crippen LogP contribution is -2.06. The fraction of sp³-hybridized carbons (Fsp3) is 0.333. The van der Waals surface area contributed by atoms with Gasteiger partial charge in [0.25, 0.3) is 0 Å². The van der Waals surface area contributed by atoms with E-state index in [2.05, 4.69) is 4.98 Å². The van der Waals surface area contributed by atoms with E-state index in [9.17, 15) is 4.79 Å². The smallest absolute Gasteiger partial charge is 0.303 e. The summed E-state index contributed by atoms with van der Waals surface area (Å²) < 4.78 is 5.78. The molecule has 0 radical (unpaired) electrons. The summed E-state index contributed by atoms with van der Waals surface area (Å²) >= 11 is 1.52. The second kappa shape index (κ2) is 7.17. The summed E-state index contributed by atoms with van der Waals surface area (Å²) in [6, 6.07) is 9.94. The molecule has 20 heavy (non-hydrogen) atoms. The molecular weight excluding hydrogens is 274 g/mol. The van der Waals surface area contributed by atoms with Crippen LogP contribution in [0, 0.1) is 0 Å². The van der Waals surface area contributed by atoms with Gasteiger partial charge in [0.15, 0.2) is 0 Å². The number of ether oxygens (including phenoxy) is 1. The monoisotopic (exact) mass is 291 g/mol. The summed E-state index contributed by atoms with van der Waals surface area (Å²) in [5.74, 6) is -0.802. The van der Waals surface area contributed by atoms with Gasteiger partial charge < -0.3 is 9.84 Å². The average Bonchev–Trinajstić information content (AvgIpc) is 2.92. The summed E-state index contributed by atoms with van der Waals surface area (Å²) in [7, 11) is 0. The number of nitrogens with zero attached hydrogens (tertiary/aromatic N) is 1. The lowest BCUT2D eigenvalue weighted by Gasteiger charge is -2.14. The van der Waals surface area contributed by atoms with E-state index in [0.29, 0.717) is 13.0 Å². The van der Waals surface area contributed by atoms with E-state index in [1.165, 1.54) is 11.3 Å². The highest BCUT2D eigenvalue weighted by molar-refractivity contribution is 7.09. The molecule has 0 fully saturated rings. The van der Waals surface area contributed by atoms with Gasteiger partial charge >= 0.3 is 5.97 Å². The highest BCUT2D eigenvalue weighted by Gasteiger charge is 2.18. The molecule has 0 saturated carbocycles. The number of rotatable bonds is 7. The van der Waals surface area contributed by atoms with E-state index in [-0.39, 0.29) is 12.5 Å². The zero-order valence-electron chi connectivity index (χ0n) is 11.3.